The first-order valence-electron chi connectivity index (χ1n) is 6.78. The van der Waals surface area contributed by atoms with Crippen LogP contribution in [0.5, 0.6) is 0 Å². The zero-order chi connectivity index (χ0) is 13.1. The van der Waals surface area contributed by atoms with Crippen LogP contribution in [0.2, 0.25) is 0 Å². The van der Waals surface area contributed by atoms with E-state index in [1.165, 1.54) is 18.5 Å². The molecule has 1 aliphatic heterocycles. The first kappa shape index (κ1) is 12.2. The second-order valence-electron chi connectivity index (χ2n) is 5.11. The molecule has 3 rings (SSSR count). The van der Waals surface area contributed by atoms with Gasteiger partial charge in [-0.15, -0.1) is 0 Å². The summed E-state index contributed by atoms with van der Waals surface area (Å²) in [5, 5.41) is 7.10. The summed E-state index contributed by atoms with van der Waals surface area (Å²) in [5.41, 5.74) is 1.20. The van der Waals surface area contributed by atoms with Gasteiger partial charge in [-0.25, -0.2) is 4.79 Å². The maximum Gasteiger partial charge on any atom is 0.325 e. The minimum absolute atomic E-state index is 0.0258. The summed E-state index contributed by atoms with van der Waals surface area (Å²) >= 11 is 0. The molecule has 3 heterocycles. The average Bonchev–Trinajstić information content (AvgIpc) is 3.08. The molecule has 2 N–H and O–H groups in total. The van der Waals surface area contributed by atoms with Gasteiger partial charge in [0.1, 0.15) is 0 Å². The molecule has 19 heavy (non-hydrogen) atoms. The Morgan fingerprint density at radius 1 is 1.42 bits per heavy atom. The lowest BCUT2D eigenvalue weighted by molar-refractivity contribution is 0.198. The minimum Gasteiger partial charge on any atom is -0.313 e. The Morgan fingerprint density at radius 3 is 3.11 bits per heavy atom. The molecule has 1 atom stereocenters. The Bertz CT molecular complexity index is 556. The highest BCUT2D eigenvalue weighted by Crippen LogP contribution is 2.24. The highest BCUT2D eigenvalue weighted by Gasteiger charge is 2.21. The number of likely N-dealkylation sites (tertiary alicyclic amines) is 1. The lowest BCUT2D eigenvalue weighted by Gasteiger charge is -2.32. The Hall–Kier alpha value is -1.82. The predicted octanol–water partition coefficient (Wildman–Crippen LogP) is 0.779. The molecular formula is C13H19N5O. The molecule has 0 radical (unpaired) electrons. The summed E-state index contributed by atoms with van der Waals surface area (Å²) in [7, 11) is 0. The number of piperidine rings is 1. The van der Waals surface area contributed by atoms with Gasteiger partial charge in [-0.1, -0.05) is 0 Å². The molecule has 6 nitrogen and oxygen atoms in total. The number of rotatable bonds is 4. The third kappa shape index (κ3) is 2.78. The number of imidazole rings is 1. The van der Waals surface area contributed by atoms with Crippen LogP contribution in [0.1, 0.15) is 24.5 Å². The predicted molar refractivity (Wildman–Crippen MR) is 72.1 cm³/mol. The van der Waals surface area contributed by atoms with Gasteiger partial charge in [-0.05, 0) is 25.5 Å². The molecule has 0 unspecified atom stereocenters. The van der Waals surface area contributed by atoms with Crippen LogP contribution >= 0.6 is 0 Å². The lowest BCUT2D eigenvalue weighted by Crippen LogP contribution is -2.37. The molecule has 1 saturated heterocycles. The van der Waals surface area contributed by atoms with Gasteiger partial charge in [0.2, 0.25) is 0 Å². The van der Waals surface area contributed by atoms with E-state index in [1.807, 2.05) is 6.20 Å². The number of hydrogen-bond donors (Lipinski definition) is 2. The van der Waals surface area contributed by atoms with Crippen LogP contribution in [0, 0.1) is 0 Å². The molecule has 2 aromatic heterocycles. The second kappa shape index (κ2) is 5.44. The molecule has 1 aliphatic rings. The van der Waals surface area contributed by atoms with Gasteiger partial charge in [0.15, 0.2) is 0 Å². The molecule has 1 fully saturated rings. The van der Waals surface area contributed by atoms with Crippen molar-refractivity contribution in [1.82, 2.24) is 24.6 Å². The fourth-order valence-corrected chi connectivity index (χ4v) is 2.78. The van der Waals surface area contributed by atoms with Crippen LogP contribution < -0.4 is 5.69 Å². The quantitative estimate of drug-likeness (QED) is 0.854. The monoisotopic (exact) mass is 261 g/mol. The van der Waals surface area contributed by atoms with E-state index in [0.29, 0.717) is 5.92 Å². The summed E-state index contributed by atoms with van der Waals surface area (Å²) in [6, 6.07) is 2.06. The van der Waals surface area contributed by atoms with Crippen molar-refractivity contribution in [2.24, 2.45) is 0 Å². The van der Waals surface area contributed by atoms with E-state index < -0.39 is 0 Å². The number of H-pyrrole nitrogens is 2. The van der Waals surface area contributed by atoms with Gasteiger partial charge < -0.3 is 9.88 Å². The number of aromatic nitrogens is 4. The standard InChI is InChI=1S/C13H19N5O/c19-13-14-5-7-18(13)9-8-17-6-1-2-11(10-17)12-3-4-15-16-12/h3-5,7,11H,1-2,6,8-10H2,(H,14,19)(H,15,16)/t11-/m1/s1. The van der Waals surface area contributed by atoms with Gasteiger partial charge in [0.25, 0.3) is 0 Å². The molecular weight excluding hydrogens is 242 g/mol. The summed E-state index contributed by atoms with van der Waals surface area (Å²) in [6.07, 6.45) is 7.72. The van der Waals surface area contributed by atoms with Gasteiger partial charge >= 0.3 is 5.69 Å². The molecule has 102 valence electrons. The first-order valence-corrected chi connectivity index (χ1v) is 6.78. The van der Waals surface area contributed by atoms with E-state index in [-0.39, 0.29) is 5.69 Å². The molecule has 0 bridgehead atoms. The SMILES string of the molecule is O=c1[nH]ccn1CCN1CCC[C@@H](c2ccn[nH]2)C1. The average molecular weight is 261 g/mol. The molecule has 2 aromatic rings. The summed E-state index contributed by atoms with van der Waals surface area (Å²) in [4.78, 5) is 16.5. The summed E-state index contributed by atoms with van der Waals surface area (Å²) < 4.78 is 1.72. The third-order valence-electron chi connectivity index (χ3n) is 3.85. The van der Waals surface area contributed by atoms with Crippen molar-refractivity contribution >= 4 is 0 Å². The highest BCUT2D eigenvalue weighted by molar-refractivity contribution is 5.07. The molecule has 0 aliphatic carbocycles. The zero-order valence-corrected chi connectivity index (χ0v) is 10.9. The van der Waals surface area contributed by atoms with Gasteiger partial charge in [-0.2, -0.15) is 5.10 Å². The van der Waals surface area contributed by atoms with Crippen LogP contribution in [0.4, 0.5) is 0 Å². The lowest BCUT2D eigenvalue weighted by atomic mass is 9.95. The fraction of sp³-hybridized carbons (Fsp3) is 0.538. The number of nitrogens with one attached hydrogen (secondary N) is 2. The smallest absolute Gasteiger partial charge is 0.313 e. The Labute approximate surface area is 111 Å². The molecule has 6 heteroatoms. The second-order valence-corrected chi connectivity index (χ2v) is 5.11. The van der Waals surface area contributed by atoms with Crippen molar-refractivity contribution in [2.45, 2.75) is 25.3 Å². The maximum atomic E-state index is 11.4. The topological polar surface area (TPSA) is 69.7 Å². The zero-order valence-electron chi connectivity index (χ0n) is 10.9. The normalized spacial score (nSPS) is 20.7. The number of aromatic amines is 2. The van der Waals surface area contributed by atoms with Crippen LogP contribution in [0.15, 0.2) is 29.5 Å². The van der Waals surface area contributed by atoms with E-state index in [1.54, 1.807) is 17.0 Å². The van der Waals surface area contributed by atoms with Crippen molar-refractivity contribution in [1.29, 1.82) is 0 Å². The minimum atomic E-state index is -0.0258. The van der Waals surface area contributed by atoms with Crippen LogP contribution in [-0.2, 0) is 6.54 Å². The molecule has 0 saturated carbocycles. The van der Waals surface area contributed by atoms with Gasteiger partial charge in [0, 0.05) is 49.8 Å². The summed E-state index contributed by atoms with van der Waals surface area (Å²) in [6.45, 7) is 3.83. The number of nitrogens with zero attached hydrogens (tertiary/aromatic N) is 3. The molecule has 0 aromatic carbocycles. The first-order chi connectivity index (χ1) is 9.33. The van der Waals surface area contributed by atoms with Crippen LogP contribution in [-0.4, -0.2) is 44.3 Å². The largest absolute Gasteiger partial charge is 0.325 e. The van der Waals surface area contributed by atoms with Gasteiger partial charge in [-0.3, -0.25) is 9.67 Å². The van der Waals surface area contributed by atoms with Crippen molar-refractivity contribution in [3.05, 3.63) is 40.8 Å². The highest BCUT2D eigenvalue weighted by atomic mass is 16.1. The van der Waals surface area contributed by atoms with Crippen molar-refractivity contribution in [3.63, 3.8) is 0 Å². The Kier molecular flexibility index (Phi) is 3.50. The number of hydrogen-bond acceptors (Lipinski definition) is 3. The van der Waals surface area contributed by atoms with Crippen molar-refractivity contribution in [3.8, 4) is 0 Å². The third-order valence-corrected chi connectivity index (χ3v) is 3.85. The van der Waals surface area contributed by atoms with Crippen molar-refractivity contribution < 1.29 is 0 Å². The van der Waals surface area contributed by atoms with Crippen LogP contribution in [0.25, 0.3) is 0 Å². The van der Waals surface area contributed by atoms with Crippen molar-refractivity contribution in [2.75, 3.05) is 19.6 Å². The van der Waals surface area contributed by atoms with E-state index in [4.69, 9.17) is 0 Å². The Balaban J connectivity index is 1.57. The van der Waals surface area contributed by atoms with E-state index in [9.17, 15) is 4.79 Å². The van der Waals surface area contributed by atoms with E-state index >= 15 is 0 Å². The Morgan fingerprint density at radius 2 is 2.37 bits per heavy atom. The van der Waals surface area contributed by atoms with E-state index in [2.05, 4.69) is 26.1 Å². The maximum absolute atomic E-state index is 11.4. The fourth-order valence-electron chi connectivity index (χ4n) is 2.78. The van der Waals surface area contributed by atoms with E-state index in [0.717, 1.165) is 26.2 Å². The molecule has 0 spiro atoms. The van der Waals surface area contributed by atoms with Crippen LogP contribution in [0.3, 0.4) is 0 Å². The summed E-state index contributed by atoms with van der Waals surface area (Å²) in [5.74, 6) is 0.541. The molecule has 0 amide bonds. The van der Waals surface area contributed by atoms with Gasteiger partial charge in [0.05, 0.1) is 0 Å².